The summed E-state index contributed by atoms with van der Waals surface area (Å²) in [6.07, 6.45) is 2.87. The number of hydrogen-bond acceptors (Lipinski definition) is 4. The van der Waals surface area contributed by atoms with E-state index in [-0.39, 0.29) is 11.4 Å². The number of halogens is 1. The van der Waals surface area contributed by atoms with E-state index < -0.39 is 22.2 Å². The molecule has 6 nitrogen and oxygen atoms in total. The molecule has 21 heavy (non-hydrogen) atoms. The Balaban J connectivity index is 2.23. The van der Waals surface area contributed by atoms with Gasteiger partial charge in [0.15, 0.2) is 0 Å². The van der Waals surface area contributed by atoms with Crippen LogP contribution in [0.25, 0.3) is 0 Å². The highest BCUT2D eigenvalue weighted by Gasteiger charge is 2.38. The second-order valence-electron chi connectivity index (χ2n) is 5.73. The number of hydrogen-bond donors (Lipinski definition) is 2. The SMILES string of the molecule is CC1CCCC(N)(C(=O)Nc2cc(F)ccc2[N+](=O)[O-])C1. The average Bonchev–Trinajstić information content (AvgIpc) is 2.38. The maximum absolute atomic E-state index is 13.3. The molecular weight excluding hydrogens is 277 g/mol. The smallest absolute Gasteiger partial charge is 0.292 e. The van der Waals surface area contributed by atoms with Crippen molar-refractivity contribution in [2.24, 2.45) is 11.7 Å². The number of amides is 1. The van der Waals surface area contributed by atoms with Crippen LogP contribution in [-0.4, -0.2) is 16.4 Å². The summed E-state index contributed by atoms with van der Waals surface area (Å²) >= 11 is 0. The molecule has 1 fully saturated rings. The summed E-state index contributed by atoms with van der Waals surface area (Å²) in [4.78, 5) is 22.6. The van der Waals surface area contributed by atoms with Crippen molar-refractivity contribution in [3.05, 3.63) is 34.1 Å². The van der Waals surface area contributed by atoms with E-state index in [1.807, 2.05) is 6.92 Å². The Labute approximate surface area is 121 Å². The highest BCUT2D eigenvalue weighted by Crippen LogP contribution is 2.32. The number of rotatable bonds is 3. The van der Waals surface area contributed by atoms with Crippen molar-refractivity contribution >= 4 is 17.3 Å². The van der Waals surface area contributed by atoms with E-state index in [1.165, 1.54) is 0 Å². The number of carbonyl (C=O) groups excluding carboxylic acids is 1. The molecule has 1 amide bonds. The monoisotopic (exact) mass is 295 g/mol. The summed E-state index contributed by atoms with van der Waals surface area (Å²) in [5.74, 6) is -0.835. The molecule has 0 radical (unpaired) electrons. The van der Waals surface area contributed by atoms with Crippen LogP contribution in [0.15, 0.2) is 18.2 Å². The Morgan fingerprint density at radius 2 is 2.29 bits per heavy atom. The van der Waals surface area contributed by atoms with E-state index in [0.29, 0.717) is 18.8 Å². The van der Waals surface area contributed by atoms with Crippen LogP contribution in [0, 0.1) is 21.8 Å². The standard InChI is InChI=1S/C14H18FN3O3/c1-9-3-2-6-14(16,8-9)13(19)17-11-7-10(15)4-5-12(11)18(20)21/h4-5,7,9H,2-3,6,8,16H2,1H3,(H,17,19). The third-order valence-corrected chi connectivity index (χ3v) is 3.89. The van der Waals surface area contributed by atoms with Crippen LogP contribution in [0.3, 0.4) is 0 Å². The second kappa shape index (κ2) is 5.77. The van der Waals surface area contributed by atoms with E-state index in [9.17, 15) is 19.3 Å². The van der Waals surface area contributed by atoms with E-state index in [2.05, 4.69) is 5.32 Å². The molecule has 3 N–H and O–H groups in total. The van der Waals surface area contributed by atoms with Crippen LogP contribution >= 0.6 is 0 Å². The molecule has 0 heterocycles. The Morgan fingerprint density at radius 1 is 1.57 bits per heavy atom. The number of benzene rings is 1. The van der Waals surface area contributed by atoms with Gasteiger partial charge in [0.1, 0.15) is 11.5 Å². The van der Waals surface area contributed by atoms with Gasteiger partial charge in [0.05, 0.1) is 10.5 Å². The molecule has 2 rings (SSSR count). The van der Waals surface area contributed by atoms with E-state index in [1.54, 1.807) is 0 Å². The first-order valence-electron chi connectivity index (χ1n) is 6.86. The van der Waals surface area contributed by atoms with Crippen LogP contribution in [0.4, 0.5) is 15.8 Å². The summed E-state index contributed by atoms with van der Waals surface area (Å²) in [5, 5.41) is 13.3. The van der Waals surface area contributed by atoms with Crippen molar-refractivity contribution < 1.29 is 14.1 Å². The van der Waals surface area contributed by atoms with Crippen LogP contribution in [0.1, 0.15) is 32.6 Å². The number of nitrogens with two attached hydrogens (primary N) is 1. The van der Waals surface area contributed by atoms with E-state index >= 15 is 0 Å². The molecule has 114 valence electrons. The summed E-state index contributed by atoms with van der Waals surface area (Å²) < 4.78 is 13.3. The lowest BCUT2D eigenvalue weighted by atomic mass is 9.76. The lowest BCUT2D eigenvalue weighted by Crippen LogP contribution is -2.53. The largest absolute Gasteiger partial charge is 0.319 e. The van der Waals surface area contributed by atoms with Gasteiger partial charge >= 0.3 is 0 Å². The Bertz CT molecular complexity index is 579. The number of carbonyl (C=O) groups is 1. The van der Waals surface area contributed by atoms with Crippen LogP contribution in [0.5, 0.6) is 0 Å². The number of nitrogens with one attached hydrogen (secondary N) is 1. The molecule has 0 spiro atoms. The van der Waals surface area contributed by atoms with Gasteiger partial charge in [0, 0.05) is 12.1 Å². The van der Waals surface area contributed by atoms with Crippen LogP contribution in [0.2, 0.25) is 0 Å². The Hall–Kier alpha value is -2.02. The van der Waals surface area contributed by atoms with Crippen molar-refractivity contribution in [1.29, 1.82) is 0 Å². The minimum absolute atomic E-state index is 0.159. The van der Waals surface area contributed by atoms with Crippen LogP contribution in [-0.2, 0) is 4.79 Å². The number of anilines is 1. The zero-order valence-electron chi connectivity index (χ0n) is 11.8. The molecule has 2 unspecified atom stereocenters. The maximum atomic E-state index is 13.3. The minimum atomic E-state index is -1.06. The van der Waals surface area contributed by atoms with Gasteiger partial charge in [0.2, 0.25) is 5.91 Å². The first-order chi connectivity index (χ1) is 9.82. The van der Waals surface area contributed by atoms with Gasteiger partial charge < -0.3 is 11.1 Å². The second-order valence-corrected chi connectivity index (χ2v) is 5.73. The highest BCUT2D eigenvalue weighted by atomic mass is 19.1. The molecule has 1 aliphatic rings. The lowest BCUT2D eigenvalue weighted by molar-refractivity contribution is -0.384. The first kappa shape index (κ1) is 15.4. The van der Waals surface area contributed by atoms with Gasteiger partial charge in [-0.1, -0.05) is 19.8 Å². The van der Waals surface area contributed by atoms with Crippen molar-refractivity contribution in [2.45, 2.75) is 38.1 Å². The lowest BCUT2D eigenvalue weighted by Gasteiger charge is -2.35. The summed E-state index contributed by atoms with van der Waals surface area (Å²) in [5.41, 5.74) is 4.56. The summed E-state index contributed by atoms with van der Waals surface area (Å²) in [6, 6.07) is 2.94. The molecule has 1 aliphatic carbocycles. The zero-order chi connectivity index (χ0) is 15.6. The van der Waals surface area contributed by atoms with Gasteiger partial charge in [-0.15, -0.1) is 0 Å². The molecule has 1 saturated carbocycles. The van der Waals surface area contributed by atoms with Crippen LogP contribution < -0.4 is 11.1 Å². The Morgan fingerprint density at radius 3 is 2.90 bits per heavy atom. The fourth-order valence-electron chi connectivity index (χ4n) is 2.81. The summed E-state index contributed by atoms with van der Waals surface area (Å²) in [7, 11) is 0. The molecule has 0 aliphatic heterocycles. The zero-order valence-corrected chi connectivity index (χ0v) is 11.8. The van der Waals surface area contributed by atoms with Gasteiger partial charge in [0.25, 0.3) is 5.69 Å². The topological polar surface area (TPSA) is 98.3 Å². The van der Waals surface area contributed by atoms with Gasteiger partial charge in [-0.3, -0.25) is 14.9 Å². The predicted molar refractivity (Wildman–Crippen MR) is 76.2 cm³/mol. The molecule has 2 atom stereocenters. The van der Waals surface area contributed by atoms with Crippen molar-refractivity contribution in [3.8, 4) is 0 Å². The third kappa shape index (κ3) is 3.36. The van der Waals surface area contributed by atoms with Gasteiger partial charge in [-0.2, -0.15) is 0 Å². The Kier molecular flexibility index (Phi) is 4.22. The molecule has 0 aromatic heterocycles. The summed E-state index contributed by atoms with van der Waals surface area (Å²) in [6.45, 7) is 2.01. The quantitative estimate of drug-likeness (QED) is 0.661. The molecule has 7 heteroatoms. The fourth-order valence-corrected chi connectivity index (χ4v) is 2.81. The molecule has 1 aromatic rings. The fraction of sp³-hybridized carbons (Fsp3) is 0.500. The average molecular weight is 295 g/mol. The predicted octanol–water partition coefficient (Wildman–Crippen LogP) is 2.58. The molecule has 0 saturated heterocycles. The minimum Gasteiger partial charge on any atom is -0.319 e. The van der Waals surface area contributed by atoms with E-state index in [4.69, 9.17) is 5.73 Å². The highest BCUT2D eigenvalue weighted by molar-refractivity contribution is 5.99. The van der Waals surface area contributed by atoms with Crippen molar-refractivity contribution in [2.75, 3.05) is 5.32 Å². The number of nitrogens with zero attached hydrogens (tertiary/aromatic N) is 1. The third-order valence-electron chi connectivity index (χ3n) is 3.89. The van der Waals surface area contributed by atoms with Crippen molar-refractivity contribution in [1.82, 2.24) is 0 Å². The number of nitro groups is 1. The van der Waals surface area contributed by atoms with E-state index in [0.717, 1.165) is 31.0 Å². The molecule has 1 aromatic carbocycles. The molecular formula is C14H18FN3O3. The first-order valence-corrected chi connectivity index (χ1v) is 6.86. The van der Waals surface area contributed by atoms with Gasteiger partial charge in [-0.25, -0.2) is 4.39 Å². The number of nitro benzene ring substituents is 1. The van der Waals surface area contributed by atoms with Gasteiger partial charge in [-0.05, 0) is 24.8 Å². The van der Waals surface area contributed by atoms with Crippen molar-refractivity contribution in [3.63, 3.8) is 0 Å². The normalized spacial score (nSPS) is 25.4. The molecule has 0 bridgehead atoms. The maximum Gasteiger partial charge on any atom is 0.292 e.